The second-order valence-corrected chi connectivity index (χ2v) is 10.7. The molecule has 0 saturated carbocycles. The highest BCUT2D eigenvalue weighted by atomic mass is 32.2. The lowest BCUT2D eigenvalue weighted by Crippen LogP contribution is -2.25. The summed E-state index contributed by atoms with van der Waals surface area (Å²) in [5, 5.41) is 9.79. The summed E-state index contributed by atoms with van der Waals surface area (Å²) in [6.45, 7) is 1.90. The molecule has 0 aliphatic rings. The minimum Gasteiger partial charge on any atom is -0.308 e. The van der Waals surface area contributed by atoms with Crippen molar-refractivity contribution in [1.82, 2.24) is 9.78 Å². The van der Waals surface area contributed by atoms with Gasteiger partial charge >= 0.3 is 6.03 Å². The molecule has 0 saturated heterocycles. The Bertz CT molecular complexity index is 1380. The minimum atomic E-state index is -3.74. The van der Waals surface area contributed by atoms with Crippen LogP contribution in [-0.2, 0) is 17.1 Å². The number of hydrogen-bond donors (Lipinski definition) is 2. The molecule has 8 nitrogen and oxygen atoms in total. The molecule has 4 aromatic rings. The third kappa shape index (κ3) is 4.91. The number of benzene rings is 2. The first-order chi connectivity index (χ1) is 15.7. The van der Waals surface area contributed by atoms with E-state index in [9.17, 15) is 13.2 Å². The molecule has 0 aliphatic carbocycles. The van der Waals surface area contributed by atoms with Crippen LogP contribution in [0.3, 0.4) is 0 Å². The Kier molecular flexibility index (Phi) is 6.21. The number of nitrogens with one attached hydrogen (secondary N) is 2. The van der Waals surface area contributed by atoms with Crippen LogP contribution in [0.15, 0.2) is 77.0 Å². The topological polar surface area (TPSA) is 96.3 Å². The number of anilines is 3. The molecule has 4 rings (SSSR count). The predicted molar refractivity (Wildman–Crippen MR) is 132 cm³/mol. The molecule has 0 atom stereocenters. The van der Waals surface area contributed by atoms with E-state index in [4.69, 9.17) is 0 Å². The van der Waals surface area contributed by atoms with Crippen LogP contribution in [0.2, 0.25) is 0 Å². The van der Waals surface area contributed by atoms with Gasteiger partial charge in [0, 0.05) is 25.5 Å². The van der Waals surface area contributed by atoms with E-state index in [2.05, 4.69) is 15.7 Å². The molecule has 2 N–H and O–H groups in total. The van der Waals surface area contributed by atoms with Crippen molar-refractivity contribution < 1.29 is 13.2 Å². The van der Waals surface area contributed by atoms with Gasteiger partial charge < -0.3 is 10.6 Å². The number of nitrogens with zero attached hydrogens (tertiary/aromatic N) is 3. The lowest BCUT2D eigenvalue weighted by Gasteiger charge is -2.19. The zero-order valence-corrected chi connectivity index (χ0v) is 19.9. The SMILES string of the molecule is Cc1cc(-c2ccc(S(=O)(=O)N(C)c3ccc(NC(=O)Nc4ccccc4)cc3)s2)n(C)n1. The monoisotopic (exact) mass is 481 g/mol. The number of amides is 2. The van der Waals surface area contributed by atoms with E-state index in [1.54, 1.807) is 53.2 Å². The van der Waals surface area contributed by atoms with Gasteiger partial charge in [0.25, 0.3) is 10.0 Å². The molecule has 2 amide bonds. The maximum atomic E-state index is 13.2. The fraction of sp³-hybridized carbons (Fsp3) is 0.130. The second kappa shape index (κ2) is 9.08. The molecule has 2 aromatic carbocycles. The van der Waals surface area contributed by atoms with Crippen LogP contribution in [0.1, 0.15) is 5.69 Å². The predicted octanol–water partition coefficient (Wildman–Crippen LogP) is 4.93. The first-order valence-corrected chi connectivity index (χ1v) is 12.3. The van der Waals surface area contributed by atoms with Gasteiger partial charge in [0.15, 0.2) is 0 Å². The fourth-order valence-electron chi connectivity index (χ4n) is 3.28. The zero-order valence-electron chi connectivity index (χ0n) is 18.3. The van der Waals surface area contributed by atoms with Gasteiger partial charge in [0.05, 0.1) is 22.0 Å². The molecular weight excluding hydrogens is 458 g/mol. The van der Waals surface area contributed by atoms with Crippen molar-refractivity contribution in [1.29, 1.82) is 0 Å². The first kappa shape index (κ1) is 22.6. The van der Waals surface area contributed by atoms with Crippen molar-refractivity contribution in [3.63, 3.8) is 0 Å². The summed E-state index contributed by atoms with van der Waals surface area (Å²) in [6, 6.07) is 20.6. The van der Waals surface area contributed by atoms with E-state index < -0.39 is 10.0 Å². The van der Waals surface area contributed by atoms with Gasteiger partial charge in [-0.05, 0) is 61.5 Å². The molecule has 0 spiro atoms. The molecule has 0 radical (unpaired) electrons. The second-order valence-electron chi connectivity index (χ2n) is 7.38. The smallest absolute Gasteiger partial charge is 0.308 e. The maximum absolute atomic E-state index is 13.2. The molecule has 0 aliphatic heterocycles. The molecule has 0 fully saturated rings. The number of sulfonamides is 1. The van der Waals surface area contributed by atoms with Crippen LogP contribution >= 0.6 is 11.3 Å². The van der Waals surface area contributed by atoms with Gasteiger partial charge in [0.2, 0.25) is 0 Å². The Labute approximate surface area is 196 Å². The van der Waals surface area contributed by atoms with Crippen LogP contribution < -0.4 is 14.9 Å². The maximum Gasteiger partial charge on any atom is 0.323 e. The third-order valence-electron chi connectivity index (χ3n) is 4.97. The van der Waals surface area contributed by atoms with Gasteiger partial charge in [-0.3, -0.25) is 8.99 Å². The van der Waals surface area contributed by atoms with Gasteiger partial charge in [-0.1, -0.05) is 18.2 Å². The number of thiophene rings is 1. The summed E-state index contributed by atoms with van der Waals surface area (Å²) in [7, 11) is -0.401. The lowest BCUT2D eigenvalue weighted by molar-refractivity contribution is 0.262. The van der Waals surface area contributed by atoms with E-state index in [1.807, 2.05) is 38.2 Å². The summed E-state index contributed by atoms with van der Waals surface area (Å²) < 4.78 is 29.5. The van der Waals surface area contributed by atoms with Crippen molar-refractivity contribution in [2.24, 2.45) is 7.05 Å². The summed E-state index contributed by atoms with van der Waals surface area (Å²) >= 11 is 1.20. The highest BCUT2D eigenvalue weighted by molar-refractivity contribution is 7.94. The van der Waals surface area contributed by atoms with Gasteiger partial charge in [0.1, 0.15) is 4.21 Å². The van der Waals surface area contributed by atoms with Crippen molar-refractivity contribution in [2.45, 2.75) is 11.1 Å². The normalized spacial score (nSPS) is 11.2. The fourth-order valence-corrected chi connectivity index (χ4v) is 6.00. The average molecular weight is 482 g/mol. The Morgan fingerprint density at radius 1 is 0.970 bits per heavy atom. The first-order valence-electron chi connectivity index (χ1n) is 10.1. The van der Waals surface area contributed by atoms with E-state index >= 15 is 0 Å². The van der Waals surface area contributed by atoms with E-state index in [1.165, 1.54) is 22.7 Å². The number of rotatable bonds is 6. The molecule has 33 heavy (non-hydrogen) atoms. The molecule has 10 heteroatoms. The van der Waals surface area contributed by atoms with Crippen molar-refractivity contribution >= 4 is 44.5 Å². The lowest BCUT2D eigenvalue weighted by atomic mass is 10.3. The van der Waals surface area contributed by atoms with Crippen molar-refractivity contribution in [2.75, 3.05) is 22.0 Å². The molecule has 2 aromatic heterocycles. The van der Waals surface area contributed by atoms with E-state index in [0.717, 1.165) is 16.3 Å². The van der Waals surface area contributed by atoms with Gasteiger partial charge in [-0.2, -0.15) is 5.10 Å². The quantitative estimate of drug-likeness (QED) is 0.408. The molecule has 170 valence electrons. The average Bonchev–Trinajstić information content (AvgIpc) is 3.41. The van der Waals surface area contributed by atoms with Gasteiger partial charge in [-0.25, -0.2) is 13.2 Å². The van der Waals surface area contributed by atoms with Gasteiger partial charge in [-0.15, -0.1) is 11.3 Å². The molecule has 2 heterocycles. The van der Waals surface area contributed by atoms with Crippen LogP contribution in [0.25, 0.3) is 10.6 Å². The molecule has 0 unspecified atom stereocenters. The third-order valence-corrected chi connectivity index (χ3v) is 8.33. The summed E-state index contributed by atoms with van der Waals surface area (Å²) in [5.74, 6) is 0. The van der Waals surface area contributed by atoms with Crippen LogP contribution in [-0.4, -0.2) is 31.3 Å². The molecular formula is C23H23N5O3S2. The van der Waals surface area contributed by atoms with Crippen LogP contribution in [0.5, 0.6) is 0 Å². The summed E-state index contributed by atoms with van der Waals surface area (Å²) in [4.78, 5) is 13.0. The van der Waals surface area contributed by atoms with Crippen LogP contribution in [0.4, 0.5) is 21.9 Å². The number of para-hydroxylation sites is 1. The van der Waals surface area contributed by atoms with Crippen molar-refractivity contribution in [3.05, 3.63) is 78.5 Å². The number of carbonyl (C=O) groups excluding carboxylic acids is 1. The number of aryl methyl sites for hydroxylation is 2. The highest BCUT2D eigenvalue weighted by Gasteiger charge is 2.24. The van der Waals surface area contributed by atoms with E-state index in [-0.39, 0.29) is 10.2 Å². The Hall–Kier alpha value is -3.63. The number of hydrogen-bond acceptors (Lipinski definition) is 5. The molecule has 0 bridgehead atoms. The summed E-state index contributed by atoms with van der Waals surface area (Å²) in [6.07, 6.45) is 0. The number of carbonyl (C=O) groups is 1. The summed E-state index contributed by atoms with van der Waals surface area (Å²) in [5.41, 5.74) is 3.44. The largest absolute Gasteiger partial charge is 0.323 e. The highest BCUT2D eigenvalue weighted by Crippen LogP contribution is 2.33. The zero-order chi connectivity index (χ0) is 23.6. The van der Waals surface area contributed by atoms with Crippen LogP contribution in [0, 0.1) is 6.92 Å². The Morgan fingerprint density at radius 3 is 2.21 bits per heavy atom. The number of aromatic nitrogens is 2. The van der Waals surface area contributed by atoms with E-state index in [0.29, 0.717) is 17.1 Å². The number of urea groups is 1. The standard InChI is InChI=1S/C23H23N5O3S2/c1-16-15-20(27(2)26-16)21-13-14-22(32-21)33(30,31)28(3)19-11-9-18(10-12-19)25-23(29)24-17-7-5-4-6-8-17/h4-15H,1-3H3,(H2,24,25,29). The Balaban J connectivity index is 1.47. The Morgan fingerprint density at radius 2 is 1.61 bits per heavy atom. The van der Waals surface area contributed by atoms with Crippen molar-refractivity contribution in [3.8, 4) is 10.6 Å². The minimum absolute atomic E-state index is 0.239.